The highest BCUT2D eigenvalue weighted by molar-refractivity contribution is 9.10. The summed E-state index contributed by atoms with van der Waals surface area (Å²) in [6.07, 6.45) is 7.40. The number of benzene rings is 1. The molecular weight excluding hydrogens is 394 g/mol. The van der Waals surface area contributed by atoms with E-state index >= 15 is 0 Å². The first-order valence-electron chi connectivity index (χ1n) is 7.91. The summed E-state index contributed by atoms with van der Waals surface area (Å²) in [6.45, 7) is -0.198. The van der Waals surface area contributed by atoms with Crippen LogP contribution < -0.4 is 5.43 Å². The summed E-state index contributed by atoms with van der Waals surface area (Å²) in [5.74, 6) is -0.436. The Balaban J connectivity index is 1.96. The summed E-state index contributed by atoms with van der Waals surface area (Å²) in [5, 5.41) is 3.91. The normalized spacial score (nSPS) is 16.6. The highest BCUT2D eigenvalue weighted by Crippen LogP contribution is 2.24. The van der Waals surface area contributed by atoms with Crippen molar-refractivity contribution in [3.8, 4) is 0 Å². The lowest BCUT2D eigenvalue weighted by Crippen LogP contribution is -2.45. The van der Waals surface area contributed by atoms with Gasteiger partial charge in [0, 0.05) is 16.1 Å². The SMILES string of the molecule is CS(=O)(=O)N(CC(=O)N/N=C/c1ccccc1Br)C1CCCCC1. The Hall–Kier alpha value is -1.25. The van der Waals surface area contributed by atoms with E-state index in [-0.39, 0.29) is 12.6 Å². The maximum atomic E-state index is 12.1. The molecule has 0 aliphatic heterocycles. The highest BCUT2D eigenvalue weighted by Gasteiger charge is 2.29. The molecule has 6 nitrogen and oxygen atoms in total. The van der Waals surface area contributed by atoms with E-state index in [0.29, 0.717) is 0 Å². The summed E-state index contributed by atoms with van der Waals surface area (Å²) >= 11 is 3.39. The van der Waals surface area contributed by atoms with Crippen LogP contribution in [-0.4, -0.2) is 43.7 Å². The molecule has 1 aromatic carbocycles. The number of nitrogens with zero attached hydrogens (tertiary/aromatic N) is 2. The number of hydrazone groups is 1. The monoisotopic (exact) mass is 415 g/mol. The molecule has 132 valence electrons. The Morgan fingerprint density at radius 1 is 1.33 bits per heavy atom. The number of halogens is 1. The van der Waals surface area contributed by atoms with Gasteiger partial charge in [0.25, 0.3) is 5.91 Å². The van der Waals surface area contributed by atoms with Crippen LogP contribution in [0.2, 0.25) is 0 Å². The number of amides is 1. The molecule has 1 N–H and O–H groups in total. The molecular formula is C16H22BrN3O3S. The zero-order chi connectivity index (χ0) is 17.6. The Bertz CT molecular complexity index is 700. The minimum absolute atomic E-state index is 0.0910. The van der Waals surface area contributed by atoms with Crippen molar-refractivity contribution >= 4 is 38.1 Å². The number of hydrogen-bond acceptors (Lipinski definition) is 4. The summed E-state index contributed by atoms with van der Waals surface area (Å²) in [5.41, 5.74) is 3.23. The van der Waals surface area contributed by atoms with E-state index in [2.05, 4.69) is 26.5 Å². The second-order valence-corrected chi connectivity index (χ2v) is 8.70. The van der Waals surface area contributed by atoms with Crippen LogP contribution in [0.1, 0.15) is 37.7 Å². The van der Waals surface area contributed by atoms with Crippen LogP contribution in [0.25, 0.3) is 0 Å². The molecule has 0 saturated heterocycles. The zero-order valence-corrected chi connectivity index (χ0v) is 16.0. The molecule has 1 aliphatic carbocycles. The van der Waals surface area contributed by atoms with Gasteiger partial charge < -0.3 is 0 Å². The van der Waals surface area contributed by atoms with Crippen molar-refractivity contribution in [3.63, 3.8) is 0 Å². The molecule has 0 heterocycles. The number of hydrogen-bond donors (Lipinski definition) is 1. The van der Waals surface area contributed by atoms with E-state index in [4.69, 9.17) is 0 Å². The van der Waals surface area contributed by atoms with Crippen molar-refractivity contribution in [3.05, 3.63) is 34.3 Å². The van der Waals surface area contributed by atoms with Crippen LogP contribution in [0.4, 0.5) is 0 Å². The van der Waals surface area contributed by atoms with E-state index in [1.54, 1.807) is 0 Å². The van der Waals surface area contributed by atoms with Gasteiger partial charge in [0.15, 0.2) is 0 Å². The molecule has 0 spiro atoms. The molecule has 1 aromatic rings. The van der Waals surface area contributed by atoms with Gasteiger partial charge in [0.1, 0.15) is 0 Å². The van der Waals surface area contributed by atoms with Gasteiger partial charge in [-0.1, -0.05) is 53.4 Å². The first kappa shape index (κ1) is 19.1. The Morgan fingerprint density at radius 3 is 2.62 bits per heavy atom. The van der Waals surface area contributed by atoms with Crippen LogP contribution >= 0.6 is 15.9 Å². The van der Waals surface area contributed by atoms with Crippen molar-refractivity contribution in [1.29, 1.82) is 0 Å². The van der Waals surface area contributed by atoms with Gasteiger partial charge in [0.05, 0.1) is 19.0 Å². The predicted molar refractivity (Wildman–Crippen MR) is 98.3 cm³/mol. The summed E-state index contributed by atoms with van der Waals surface area (Å²) in [4.78, 5) is 12.1. The number of carbonyl (C=O) groups is 1. The zero-order valence-electron chi connectivity index (χ0n) is 13.6. The van der Waals surface area contributed by atoms with Gasteiger partial charge >= 0.3 is 0 Å². The van der Waals surface area contributed by atoms with E-state index in [9.17, 15) is 13.2 Å². The number of sulfonamides is 1. The molecule has 0 bridgehead atoms. The molecule has 1 fully saturated rings. The minimum atomic E-state index is -3.43. The van der Waals surface area contributed by atoms with Crippen LogP contribution in [0.15, 0.2) is 33.8 Å². The second-order valence-electron chi connectivity index (χ2n) is 5.91. The van der Waals surface area contributed by atoms with Crippen LogP contribution in [0.3, 0.4) is 0 Å². The molecule has 2 rings (SSSR count). The smallest absolute Gasteiger partial charge is 0.255 e. The van der Waals surface area contributed by atoms with Crippen molar-refractivity contribution in [2.45, 2.75) is 38.1 Å². The molecule has 8 heteroatoms. The quantitative estimate of drug-likeness (QED) is 0.572. The largest absolute Gasteiger partial charge is 0.272 e. The summed E-state index contributed by atoms with van der Waals surface area (Å²) < 4.78 is 26.2. The van der Waals surface area contributed by atoms with E-state index in [1.165, 1.54) is 10.5 Å². The third-order valence-electron chi connectivity index (χ3n) is 4.01. The van der Waals surface area contributed by atoms with Crippen LogP contribution in [0.5, 0.6) is 0 Å². The lowest BCUT2D eigenvalue weighted by molar-refractivity contribution is -0.121. The fourth-order valence-electron chi connectivity index (χ4n) is 2.82. The average Bonchev–Trinajstić information content (AvgIpc) is 2.54. The summed E-state index contributed by atoms with van der Waals surface area (Å²) in [6, 6.07) is 7.38. The predicted octanol–water partition coefficient (Wildman–Crippen LogP) is 2.49. The maximum Gasteiger partial charge on any atom is 0.255 e. The van der Waals surface area contributed by atoms with Gasteiger partial charge in [-0.25, -0.2) is 13.8 Å². The molecule has 0 atom stereocenters. The highest BCUT2D eigenvalue weighted by atomic mass is 79.9. The standard InChI is InChI=1S/C16H22BrN3O3S/c1-24(22,23)20(14-8-3-2-4-9-14)12-16(21)19-18-11-13-7-5-6-10-15(13)17/h5-7,10-11,14H,2-4,8-9,12H2,1H3,(H,19,21)/b18-11+. The summed E-state index contributed by atoms with van der Waals surface area (Å²) in [7, 11) is -3.43. The molecule has 1 saturated carbocycles. The average molecular weight is 416 g/mol. The minimum Gasteiger partial charge on any atom is -0.272 e. The van der Waals surface area contributed by atoms with Crippen LogP contribution in [-0.2, 0) is 14.8 Å². The van der Waals surface area contributed by atoms with Gasteiger partial charge in [-0.05, 0) is 18.9 Å². The van der Waals surface area contributed by atoms with Crippen molar-refractivity contribution in [2.75, 3.05) is 12.8 Å². The molecule has 24 heavy (non-hydrogen) atoms. The molecule has 0 aromatic heterocycles. The number of nitrogens with one attached hydrogen (secondary N) is 1. The maximum absolute atomic E-state index is 12.1. The van der Waals surface area contributed by atoms with Crippen molar-refractivity contribution in [2.24, 2.45) is 5.10 Å². The van der Waals surface area contributed by atoms with Crippen molar-refractivity contribution < 1.29 is 13.2 Å². The third-order valence-corrected chi connectivity index (χ3v) is 6.01. The van der Waals surface area contributed by atoms with Gasteiger partial charge in [-0.3, -0.25) is 4.79 Å². The van der Waals surface area contributed by atoms with Crippen molar-refractivity contribution in [1.82, 2.24) is 9.73 Å². The number of rotatable bonds is 6. The first-order valence-corrected chi connectivity index (χ1v) is 10.6. The van der Waals surface area contributed by atoms with E-state index < -0.39 is 15.9 Å². The molecule has 0 radical (unpaired) electrons. The fourth-order valence-corrected chi connectivity index (χ4v) is 4.31. The van der Waals surface area contributed by atoms with Gasteiger partial charge in [-0.15, -0.1) is 0 Å². The first-order chi connectivity index (χ1) is 11.4. The fraction of sp³-hybridized carbons (Fsp3) is 0.500. The topological polar surface area (TPSA) is 78.8 Å². The molecule has 1 amide bonds. The molecule has 0 unspecified atom stereocenters. The van der Waals surface area contributed by atoms with E-state index in [0.717, 1.165) is 48.4 Å². The Labute approximate surface area is 151 Å². The Kier molecular flexibility index (Phi) is 6.94. The van der Waals surface area contributed by atoms with Gasteiger partial charge in [0.2, 0.25) is 10.0 Å². The third kappa shape index (κ3) is 5.68. The number of carbonyl (C=O) groups excluding carboxylic acids is 1. The van der Waals surface area contributed by atoms with Crippen LogP contribution in [0, 0.1) is 0 Å². The lowest BCUT2D eigenvalue weighted by Gasteiger charge is -2.31. The van der Waals surface area contributed by atoms with Gasteiger partial charge in [-0.2, -0.15) is 9.41 Å². The Morgan fingerprint density at radius 2 is 2.00 bits per heavy atom. The second kappa shape index (κ2) is 8.73. The molecule has 1 aliphatic rings. The van der Waals surface area contributed by atoms with E-state index in [1.807, 2.05) is 24.3 Å². The lowest BCUT2D eigenvalue weighted by atomic mass is 9.95.